The highest BCUT2D eigenvalue weighted by Crippen LogP contribution is 2.13. The molecule has 1 fully saturated rings. The van der Waals surface area contributed by atoms with Crippen LogP contribution in [0, 0.1) is 0 Å². The molecule has 2 amide bonds. The van der Waals surface area contributed by atoms with Gasteiger partial charge in [-0.1, -0.05) is 19.4 Å². The van der Waals surface area contributed by atoms with E-state index in [-0.39, 0.29) is 18.4 Å². The van der Waals surface area contributed by atoms with Gasteiger partial charge >= 0.3 is 0 Å². The van der Waals surface area contributed by atoms with Gasteiger partial charge in [-0.25, -0.2) is 0 Å². The van der Waals surface area contributed by atoms with Crippen molar-refractivity contribution in [3.8, 4) is 0 Å². The van der Waals surface area contributed by atoms with Gasteiger partial charge in [0.05, 0.1) is 19.8 Å². The number of carbonyl (C=O) groups is 2. The minimum atomic E-state index is -0.0386. The highest BCUT2D eigenvalue weighted by molar-refractivity contribution is 5.95. The first-order valence-corrected chi connectivity index (χ1v) is 8.18. The predicted octanol–water partition coefficient (Wildman–Crippen LogP) is 1.49. The lowest BCUT2D eigenvalue weighted by molar-refractivity contribution is -0.119. The zero-order chi connectivity index (χ0) is 16.5. The summed E-state index contributed by atoms with van der Waals surface area (Å²) in [5, 5.41) is 5.91. The number of amides is 2. The Morgan fingerprint density at radius 3 is 2.78 bits per heavy atom. The summed E-state index contributed by atoms with van der Waals surface area (Å²) in [5.74, 6) is -0.0345. The van der Waals surface area contributed by atoms with E-state index in [9.17, 15) is 9.59 Å². The standard InChI is InChI=1S/C17H25N3O3/c1-2-3-7-18-16(21)13-19-15-6-4-5-14(12-15)17(22)20-8-10-23-11-9-20/h4-6,12,19H,2-3,7-11,13H2,1H3,(H,18,21). The maximum Gasteiger partial charge on any atom is 0.254 e. The van der Waals surface area contributed by atoms with Crippen molar-refractivity contribution >= 4 is 17.5 Å². The smallest absolute Gasteiger partial charge is 0.254 e. The Morgan fingerprint density at radius 2 is 2.04 bits per heavy atom. The van der Waals surface area contributed by atoms with Crippen molar-refractivity contribution in [3.63, 3.8) is 0 Å². The minimum absolute atomic E-state index is 0.00403. The van der Waals surface area contributed by atoms with Crippen LogP contribution >= 0.6 is 0 Å². The van der Waals surface area contributed by atoms with Gasteiger partial charge in [-0.05, 0) is 24.6 Å². The molecule has 0 radical (unpaired) electrons. The Morgan fingerprint density at radius 1 is 1.26 bits per heavy atom. The van der Waals surface area contributed by atoms with Crippen LogP contribution in [0.2, 0.25) is 0 Å². The molecule has 0 spiro atoms. The molecule has 1 aromatic carbocycles. The van der Waals surface area contributed by atoms with Crippen molar-refractivity contribution in [2.24, 2.45) is 0 Å². The van der Waals surface area contributed by atoms with Crippen LogP contribution in [0.25, 0.3) is 0 Å². The molecule has 2 N–H and O–H groups in total. The van der Waals surface area contributed by atoms with Crippen LogP contribution < -0.4 is 10.6 Å². The third kappa shape index (κ3) is 5.56. The Bertz CT molecular complexity index is 528. The van der Waals surface area contributed by atoms with Crippen molar-refractivity contribution in [1.82, 2.24) is 10.2 Å². The first kappa shape index (κ1) is 17.3. The predicted molar refractivity (Wildman–Crippen MR) is 89.6 cm³/mol. The monoisotopic (exact) mass is 319 g/mol. The summed E-state index contributed by atoms with van der Waals surface area (Å²) in [6, 6.07) is 7.27. The molecule has 0 unspecified atom stereocenters. The first-order chi connectivity index (χ1) is 11.2. The van der Waals surface area contributed by atoms with Gasteiger partial charge in [-0.2, -0.15) is 0 Å². The molecule has 0 aliphatic carbocycles. The van der Waals surface area contributed by atoms with Crippen LogP contribution in [0.5, 0.6) is 0 Å². The lowest BCUT2D eigenvalue weighted by Gasteiger charge is -2.27. The SMILES string of the molecule is CCCCNC(=O)CNc1cccc(C(=O)N2CCOCC2)c1. The summed E-state index contributed by atoms with van der Waals surface area (Å²) in [4.78, 5) is 25.9. The molecular weight excluding hydrogens is 294 g/mol. The second-order valence-corrected chi connectivity index (χ2v) is 5.54. The quantitative estimate of drug-likeness (QED) is 0.747. The number of ether oxygens (including phenoxy) is 1. The van der Waals surface area contributed by atoms with E-state index in [1.54, 1.807) is 17.0 Å². The number of unbranched alkanes of at least 4 members (excludes halogenated alkanes) is 1. The second kappa shape index (κ2) is 9.15. The number of hydrogen-bond acceptors (Lipinski definition) is 4. The average Bonchev–Trinajstić information content (AvgIpc) is 2.60. The molecule has 6 nitrogen and oxygen atoms in total. The summed E-state index contributed by atoms with van der Waals surface area (Å²) in [5.41, 5.74) is 1.40. The summed E-state index contributed by atoms with van der Waals surface area (Å²) >= 11 is 0. The molecule has 23 heavy (non-hydrogen) atoms. The Kier molecular flexibility index (Phi) is 6.87. The van der Waals surface area contributed by atoms with Gasteiger partial charge in [0, 0.05) is 30.9 Å². The summed E-state index contributed by atoms with van der Waals surface area (Å²) in [6.07, 6.45) is 2.04. The molecule has 0 aromatic heterocycles. The van der Waals surface area contributed by atoms with Crippen LogP contribution in [0.15, 0.2) is 24.3 Å². The lowest BCUT2D eigenvalue weighted by atomic mass is 10.1. The van der Waals surface area contributed by atoms with E-state index in [0.717, 1.165) is 18.5 Å². The molecule has 0 bridgehead atoms. The fourth-order valence-electron chi connectivity index (χ4n) is 2.36. The van der Waals surface area contributed by atoms with Crippen molar-refractivity contribution in [1.29, 1.82) is 0 Å². The summed E-state index contributed by atoms with van der Waals surface area (Å²) in [6.45, 7) is 5.41. The van der Waals surface area contributed by atoms with E-state index in [2.05, 4.69) is 17.6 Å². The lowest BCUT2D eigenvalue weighted by Crippen LogP contribution is -2.40. The number of benzene rings is 1. The Balaban J connectivity index is 1.86. The molecule has 1 aliphatic rings. The van der Waals surface area contributed by atoms with E-state index < -0.39 is 0 Å². The van der Waals surface area contributed by atoms with Gasteiger partial charge in [0.1, 0.15) is 0 Å². The fourth-order valence-corrected chi connectivity index (χ4v) is 2.36. The zero-order valence-electron chi connectivity index (χ0n) is 13.6. The van der Waals surface area contributed by atoms with Crippen LogP contribution in [-0.2, 0) is 9.53 Å². The van der Waals surface area contributed by atoms with Gasteiger partial charge in [0.25, 0.3) is 5.91 Å². The average molecular weight is 319 g/mol. The molecule has 1 saturated heterocycles. The number of nitrogens with one attached hydrogen (secondary N) is 2. The molecule has 1 aromatic rings. The summed E-state index contributed by atoms with van der Waals surface area (Å²) in [7, 11) is 0. The van der Waals surface area contributed by atoms with Crippen LogP contribution in [-0.4, -0.2) is 56.1 Å². The first-order valence-electron chi connectivity index (χ1n) is 8.18. The molecule has 1 aliphatic heterocycles. The van der Waals surface area contributed by atoms with E-state index in [1.807, 2.05) is 12.1 Å². The number of nitrogens with zero attached hydrogens (tertiary/aromatic N) is 1. The number of hydrogen-bond donors (Lipinski definition) is 2. The maximum absolute atomic E-state index is 12.4. The normalized spacial score (nSPS) is 14.4. The third-order valence-electron chi connectivity index (χ3n) is 3.71. The van der Waals surface area contributed by atoms with Crippen molar-refractivity contribution < 1.29 is 14.3 Å². The summed E-state index contributed by atoms with van der Waals surface area (Å²) < 4.78 is 5.26. The van der Waals surface area contributed by atoms with Gasteiger partial charge in [-0.15, -0.1) is 0 Å². The van der Waals surface area contributed by atoms with Crippen LogP contribution in [0.4, 0.5) is 5.69 Å². The van der Waals surface area contributed by atoms with Crippen LogP contribution in [0.1, 0.15) is 30.1 Å². The topological polar surface area (TPSA) is 70.7 Å². The zero-order valence-corrected chi connectivity index (χ0v) is 13.6. The van der Waals surface area contributed by atoms with Gasteiger partial charge in [-0.3, -0.25) is 9.59 Å². The van der Waals surface area contributed by atoms with E-state index in [4.69, 9.17) is 4.74 Å². The highest BCUT2D eigenvalue weighted by atomic mass is 16.5. The molecule has 6 heteroatoms. The Hall–Kier alpha value is -2.08. The van der Waals surface area contributed by atoms with Gasteiger partial charge in [0.2, 0.25) is 5.91 Å². The highest BCUT2D eigenvalue weighted by Gasteiger charge is 2.18. The molecule has 126 valence electrons. The maximum atomic E-state index is 12.4. The number of rotatable bonds is 7. The van der Waals surface area contributed by atoms with Gasteiger partial charge in [0.15, 0.2) is 0 Å². The molecule has 0 saturated carbocycles. The van der Waals surface area contributed by atoms with Crippen molar-refractivity contribution in [3.05, 3.63) is 29.8 Å². The Labute approximate surface area is 137 Å². The molecule has 2 rings (SSSR count). The third-order valence-corrected chi connectivity index (χ3v) is 3.71. The number of anilines is 1. The van der Waals surface area contributed by atoms with E-state index >= 15 is 0 Å². The minimum Gasteiger partial charge on any atom is -0.378 e. The molecule has 0 atom stereocenters. The van der Waals surface area contributed by atoms with Crippen molar-refractivity contribution in [2.75, 3.05) is 44.7 Å². The van der Waals surface area contributed by atoms with E-state index in [1.165, 1.54) is 0 Å². The van der Waals surface area contributed by atoms with Crippen molar-refractivity contribution in [2.45, 2.75) is 19.8 Å². The van der Waals surface area contributed by atoms with Gasteiger partial charge < -0.3 is 20.3 Å². The number of morpholine rings is 1. The van der Waals surface area contributed by atoms with E-state index in [0.29, 0.717) is 38.4 Å². The fraction of sp³-hybridized carbons (Fsp3) is 0.529. The molecule has 1 heterocycles. The van der Waals surface area contributed by atoms with Crippen LogP contribution in [0.3, 0.4) is 0 Å². The second-order valence-electron chi connectivity index (χ2n) is 5.54. The largest absolute Gasteiger partial charge is 0.378 e. The number of carbonyl (C=O) groups excluding carboxylic acids is 2. The molecular formula is C17H25N3O3.